The van der Waals surface area contributed by atoms with Gasteiger partial charge in [0.15, 0.2) is 0 Å². The molecule has 1 amide bonds. The van der Waals surface area contributed by atoms with Crippen molar-refractivity contribution in [3.8, 4) is 0 Å². The zero-order valence-corrected chi connectivity index (χ0v) is 14.4. The molecule has 6 heteroatoms. The minimum absolute atomic E-state index is 0.0235. The van der Waals surface area contributed by atoms with Gasteiger partial charge in [0.2, 0.25) is 5.91 Å². The summed E-state index contributed by atoms with van der Waals surface area (Å²) >= 11 is 0. The SMILES string of the molecule is C[C@H]1Cc2ccccc2N1C(=O)CCn1c(=O)[nH]c(=O)c2ccccc21. The van der Waals surface area contributed by atoms with Crippen molar-refractivity contribution in [2.75, 3.05) is 4.90 Å². The van der Waals surface area contributed by atoms with E-state index in [0.29, 0.717) is 10.9 Å². The number of rotatable bonds is 3. The van der Waals surface area contributed by atoms with Crippen molar-refractivity contribution in [1.82, 2.24) is 9.55 Å². The van der Waals surface area contributed by atoms with E-state index < -0.39 is 11.2 Å². The Morgan fingerprint density at radius 2 is 1.85 bits per heavy atom. The summed E-state index contributed by atoms with van der Waals surface area (Å²) in [6, 6.07) is 14.9. The highest BCUT2D eigenvalue weighted by molar-refractivity contribution is 5.96. The molecule has 3 aromatic rings. The van der Waals surface area contributed by atoms with Crippen LogP contribution in [0.4, 0.5) is 5.69 Å². The fraction of sp³-hybridized carbons (Fsp3) is 0.250. The van der Waals surface area contributed by atoms with Crippen molar-refractivity contribution in [3.63, 3.8) is 0 Å². The van der Waals surface area contributed by atoms with Crippen LogP contribution in [0, 0.1) is 0 Å². The maximum Gasteiger partial charge on any atom is 0.328 e. The Bertz CT molecular complexity index is 1110. The number of nitrogens with zero attached hydrogens (tertiary/aromatic N) is 2. The number of para-hydroxylation sites is 2. The minimum Gasteiger partial charge on any atom is -0.309 e. The zero-order chi connectivity index (χ0) is 18.3. The summed E-state index contributed by atoms with van der Waals surface area (Å²) in [6.45, 7) is 2.25. The Hall–Kier alpha value is -3.15. The number of hydrogen-bond acceptors (Lipinski definition) is 3. The number of nitrogens with one attached hydrogen (secondary N) is 1. The lowest BCUT2D eigenvalue weighted by atomic mass is 10.1. The van der Waals surface area contributed by atoms with Gasteiger partial charge in [-0.25, -0.2) is 4.79 Å². The minimum atomic E-state index is -0.489. The van der Waals surface area contributed by atoms with Gasteiger partial charge in [0, 0.05) is 24.7 Å². The van der Waals surface area contributed by atoms with Crippen LogP contribution in [0.15, 0.2) is 58.1 Å². The number of benzene rings is 2. The lowest BCUT2D eigenvalue weighted by Crippen LogP contribution is -2.37. The number of carbonyl (C=O) groups is 1. The monoisotopic (exact) mass is 349 g/mol. The molecule has 0 saturated carbocycles. The highest BCUT2D eigenvalue weighted by Crippen LogP contribution is 2.32. The van der Waals surface area contributed by atoms with Gasteiger partial charge in [-0.1, -0.05) is 30.3 Å². The molecule has 6 nitrogen and oxygen atoms in total. The normalized spacial score (nSPS) is 16.0. The van der Waals surface area contributed by atoms with Crippen molar-refractivity contribution in [2.24, 2.45) is 0 Å². The molecule has 2 aromatic carbocycles. The van der Waals surface area contributed by atoms with Crippen LogP contribution in [0.2, 0.25) is 0 Å². The molecule has 26 heavy (non-hydrogen) atoms. The number of carbonyl (C=O) groups excluding carboxylic acids is 1. The summed E-state index contributed by atoms with van der Waals surface area (Å²) in [7, 11) is 0. The van der Waals surface area contributed by atoms with Gasteiger partial charge in [-0.15, -0.1) is 0 Å². The number of hydrogen-bond donors (Lipinski definition) is 1. The summed E-state index contributed by atoms with van der Waals surface area (Å²) in [6.07, 6.45) is 1.03. The Labute approximate surface area is 149 Å². The second-order valence-electron chi connectivity index (χ2n) is 6.62. The van der Waals surface area contributed by atoms with Crippen LogP contribution in [-0.4, -0.2) is 21.5 Å². The van der Waals surface area contributed by atoms with Gasteiger partial charge in [-0.05, 0) is 37.1 Å². The first-order valence-electron chi connectivity index (χ1n) is 8.68. The molecule has 0 spiro atoms. The summed E-state index contributed by atoms with van der Waals surface area (Å²) in [5.74, 6) is -0.0235. The molecule has 1 N–H and O–H groups in total. The van der Waals surface area contributed by atoms with Crippen LogP contribution in [0.3, 0.4) is 0 Å². The third kappa shape index (κ3) is 2.63. The van der Waals surface area contributed by atoms with E-state index in [4.69, 9.17) is 0 Å². The first kappa shape index (κ1) is 16.3. The largest absolute Gasteiger partial charge is 0.328 e. The summed E-state index contributed by atoms with van der Waals surface area (Å²) in [4.78, 5) is 41.2. The third-order valence-electron chi connectivity index (χ3n) is 4.93. The topological polar surface area (TPSA) is 75.2 Å². The first-order chi connectivity index (χ1) is 12.6. The van der Waals surface area contributed by atoms with Gasteiger partial charge in [0.1, 0.15) is 0 Å². The van der Waals surface area contributed by atoms with Crippen LogP contribution in [0.25, 0.3) is 10.9 Å². The van der Waals surface area contributed by atoms with Crippen molar-refractivity contribution in [3.05, 3.63) is 74.9 Å². The highest BCUT2D eigenvalue weighted by Gasteiger charge is 2.30. The average Bonchev–Trinajstić information content (AvgIpc) is 2.97. The molecular weight excluding hydrogens is 330 g/mol. The molecule has 0 saturated heterocycles. The molecule has 0 bridgehead atoms. The van der Waals surface area contributed by atoms with Gasteiger partial charge >= 0.3 is 5.69 Å². The van der Waals surface area contributed by atoms with Crippen molar-refractivity contribution < 1.29 is 4.79 Å². The van der Waals surface area contributed by atoms with E-state index in [0.717, 1.165) is 12.1 Å². The van der Waals surface area contributed by atoms with E-state index in [9.17, 15) is 14.4 Å². The number of fused-ring (bicyclic) bond motifs is 2. The van der Waals surface area contributed by atoms with Crippen LogP contribution in [0.1, 0.15) is 18.9 Å². The fourth-order valence-electron chi connectivity index (χ4n) is 3.74. The maximum atomic E-state index is 12.8. The van der Waals surface area contributed by atoms with Crippen molar-refractivity contribution in [1.29, 1.82) is 0 Å². The number of H-pyrrole nitrogens is 1. The summed E-state index contributed by atoms with van der Waals surface area (Å²) in [5.41, 5.74) is 1.76. The number of aromatic amines is 1. The standard InChI is InChI=1S/C20H19N3O3/c1-13-12-14-6-2-4-8-16(14)23(13)18(24)10-11-22-17-9-5-3-7-15(17)19(25)21-20(22)26/h2-9,13H,10-12H2,1H3,(H,21,25,26)/t13-/m0/s1. The van der Waals surface area contributed by atoms with Gasteiger partial charge in [-0.3, -0.25) is 19.1 Å². The van der Waals surface area contributed by atoms with Crippen LogP contribution in [0.5, 0.6) is 0 Å². The van der Waals surface area contributed by atoms with E-state index >= 15 is 0 Å². The van der Waals surface area contributed by atoms with E-state index in [1.807, 2.05) is 36.1 Å². The van der Waals surface area contributed by atoms with E-state index in [2.05, 4.69) is 4.98 Å². The lowest BCUT2D eigenvalue weighted by Gasteiger charge is -2.23. The zero-order valence-electron chi connectivity index (χ0n) is 14.4. The molecule has 4 rings (SSSR count). The predicted octanol–water partition coefficient (Wildman–Crippen LogP) is 2.06. The fourth-order valence-corrected chi connectivity index (χ4v) is 3.74. The first-order valence-corrected chi connectivity index (χ1v) is 8.68. The Morgan fingerprint density at radius 1 is 1.12 bits per heavy atom. The van der Waals surface area contributed by atoms with Gasteiger partial charge < -0.3 is 4.90 Å². The van der Waals surface area contributed by atoms with Gasteiger partial charge in [0.05, 0.1) is 10.9 Å². The number of aromatic nitrogens is 2. The number of amides is 1. The van der Waals surface area contributed by atoms with Crippen LogP contribution in [-0.2, 0) is 17.8 Å². The summed E-state index contributed by atoms with van der Waals surface area (Å²) in [5, 5.41) is 0.444. The molecule has 1 aliphatic rings. The van der Waals surface area contributed by atoms with Crippen LogP contribution >= 0.6 is 0 Å². The Morgan fingerprint density at radius 3 is 2.69 bits per heavy atom. The van der Waals surface area contributed by atoms with Gasteiger partial charge in [0.25, 0.3) is 5.56 Å². The lowest BCUT2D eigenvalue weighted by molar-refractivity contribution is -0.119. The molecule has 1 atom stereocenters. The molecule has 2 heterocycles. The smallest absolute Gasteiger partial charge is 0.309 e. The molecule has 1 aliphatic heterocycles. The van der Waals surface area contributed by atoms with E-state index in [1.54, 1.807) is 24.3 Å². The molecule has 132 valence electrons. The molecule has 0 unspecified atom stereocenters. The second-order valence-corrected chi connectivity index (χ2v) is 6.62. The summed E-state index contributed by atoms with van der Waals surface area (Å²) < 4.78 is 1.46. The average molecular weight is 349 g/mol. The van der Waals surface area contributed by atoms with E-state index in [-0.39, 0.29) is 24.9 Å². The predicted molar refractivity (Wildman–Crippen MR) is 101 cm³/mol. The Kier molecular flexibility index (Phi) is 3.95. The van der Waals surface area contributed by atoms with E-state index in [1.165, 1.54) is 10.1 Å². The molecule has 0 fully saturated rings. The Balaban J connectivity index is 1.63. The molecule has 1 aromatic heterocycles. The maximum absolute atomic E-state index is 12.8. The number of anilines is 1. The van der Waals surface area contributed by atoms with Crippen molar-refractivity contribution in [2.45, 2.75) is 32.4 Å². The molecule has 0 aliphatic carbocycles. The molecular formula is C20H19N3O3. The quantitative estimate of drug-likeness (QED) is 0.786. The van der Waals surface area contributed by atoms with Gasteiger partial charge in [-0.2, -0.15) is 0 Å². The number of aryl methyl sites for hydroxylation is 1. The van der Waals surface area contributed by atoms with Crippen molar-refractivity contribution >= 4 is 22.5 Å². The third-order valence-corrected chi connectivity index (χ3v) is 4.93. The molecule has 0 radical (unpaired) electrons. The highest BCUT2D eigenvalue weighted by atomic mass is 16.2. The van der Waals surface area contributed by atoms with Crippen LogP contribution < -0.4 is 16.1 Å². The second kappa shape index (κ2) is 6.29.